The predicted molar refractivity (Wildman–Crippen MR) is 411 cm³/mol. The number of aryl methyl sites for hydroxylation is 5. The number of rotatable bonds is 12. The second-order valence-electron chi connectivity index (χ2n) is 25.3. The van der Waals surface area contributed by atoms with Crippen LogP contribution >= 0.6 is 0 Å². The number of fused-ring (bicyclic) bond motifs is 4. The quantitative estimate of drug-likeness (QED) is 0.110. The number of benzene rings is 11. The largest absolute Gasteiger partial charge is 0.277 e. The van der Waals surface area contributed by atoms with Crippen molar-refractivity contribution in [2.75, 3.05) is 26.0 Å². The van der Waals surface area contributed by atoms with E-state index in [1.54, 1.807) is 103 Å². The Bertz CT molecular complexity index is 4570. The number of para-hydroxylation sites is 1. The van der Waals surface area contributed by atoms with Crippen LogP contribution in [0.4, 0.5) is 5.69 Å². The Kier molecular flexibility index (Phi) is 26.2. The van der Waals surface area contributed by atoms with Crippen molar-refractivity contribution in [3.63, 3.8) is 0 Å². The summed E-state index contributed by atoms with van der Waals surface area (Å²) in [6.07, 6.45) is 7.08. The molecule has 12 nitrogen and oxygen atoms in total. The fourth-order valence-corrected chi connectivity index (χ4v) is 11.9. The highest BCUT2D eigenvalue weighted by Crippen LogP contribution is 2.29. The first-order valence-electron chi connectivity index (χ1n) is 35.1. The number of carbonyl (C=O) groups excluding carboxylic acids is 8. The van der Waals surface area contributed by atoms with Gasteiger partial charge >= 0.3 is 0 Å². The molecule has 103 heavy (non-hydrogen) atoms. The molecule has 520 valence electrons. The van der Waals surface area contributed by atoms with Gasteiger partial charge in [0.05, 0.1) is 50.2 Å². The minimum atomic E-state index is -0.253. The summed E-state index contributed by atoms with van der Waals surface area (Å²) in [5.74, 6) is -1.79. The monoisotopic (exact) mass is 1360 g/mol. The lowest BCUT2D eigenvalue weighted by Crippen LogP contribution is -2.29. The van der Waals surface area contributed by atoms with E-state index >= 15 is 0 Å². The number of anilines is 1. The van der Waals surface area contributed by atoms with E-state index in [0.29, 0.717) is 50.2 Å². The third-order valence-corrected chi connectivity index (χ3v) is 18.1. The van der Waals surface area contributed by atoms with E-state index < -0.39 is 0 Å². The molecule has 0 unspecified atom stereocenters. The van der Waals surface area contributed by atoms with Crippen LogP contribution in [-0.4, -0.2) is 83.1 Å². The van der Waals surface area contributed by atoms with Crippen LogP contribution in [-0.2, 0) is 44.9 Å². The lowest BCUT2D eigenvalue weighted by Gasteiger charge is -2.13. The fourth-order valence-electron chi connectivity index (χ4n) is 11.9. The SMILES string of the molecule is CC.CCc1ccc(Cc2ccc(C)cc2)cc1.CCc1ccc(Cc2ccc(CC)cc2)cc1.CN1C(=O)c2ccccc2C1=O.CN1C(=O)c2ccccc2C1=O.Cc1ccc(Cc2ccc(Cc3ccc4c(c3)C(=O)N(C)C4=O)cc2)cc1.O=C1c2ccccc2C(=O)N1c1ccccc1. The fraction of sp³-hybridized carbons (Fsp3) is 0.187. The highest BCUT2D eigenvalue weighted by atomic mass is 16.2. The molecule has 0 aliphatic carbocycles. The molecular weight excluding hydrogens is 1280 g/mol. The average Bonchev–Trinajstić information content (AvgIpc) is 1.66. The Hall–Kier alpha value is -12.0. The summed E-state index contributed by atoms with van der Waals surface area (Å²) in [7, 11) is 4.51. The molecule has 12 heteroatoms. The number of amides is 8. The molecule has 0 spiro atoms. The number of hydrogen-bond acceptors (Lipinski definition) is 8. The molecule has 8 amide bonds. The highest BCUT2D eigenvalue weighted by molar-refractivity contribution is 6.34. The Morgan fingerprint density at radius 3 is 0.699 bits per heavy atom. The molecule has 15 rings (SSSR count). The van der Waals surface area contributed by atoms with Gasteiger partial charge < -0.3 is 0 Å². The van der Waals surface area contributed by atoms with Crippen molar-refractivity contribution in [2.24, 2.45) is 0 Å². The van der Waals surface area contributed by atoms with E-state index in [0.717, 1.165) is 60.3 Å². The second-order valence-corrected chi connectivity index (χ2v) is 25.3. The molecule has 4 aliphatic heterocycles. The Balaban J connectivity index is 0.000000146. The third kappa shape index (κ3) is 18.9. The predicted octanol–water partition coefficient (Wildman–Crippen LogP) is 18.3. The van der Waals surface area contributed by atoms with Crippen molar-refractivity contribution in [3.8, 4) is 0 Å². The summed E-state index contributed by atoms with van der Waals surface area (Å²) in [5, 5.41) is 0. The number of nitrogens with zero attached hydrogens (tertiary/aromatic N) is 4. The molecule has 0 aromatic heterocycles. The Morgan fingerprint density at radius 1 is 0.223 bits per heavy atom. The summed E-state index contributed by atoms with van der Waals surface area (Å²) in [4.78, 5) is 98.3. The lowest BCUT2D eigenvalue weighted by molar-refractivity contribution is 0.0677. The number of carbonyl (C=O) groups is 8. The van der Waals surface area contributed by atoms with Crippen molar-refractivity contribution in [2.45, 2.75) is 93.4 Å². The van der Waals surface area contributed by atoms with Gasteiger partial charge in [-0.1, -0.05) is 252 Å². The molecule has 0 saturated carbocycles. The van der Waals surface area contributed by atoms with Gasteiger partial charge in [0.2, 0.25) is 0 Å². The number of hydrogen-bond donors (Lipinski definition) is 0. The van der Waals surface area contributed by atoms with Crippen molar-refractivity contribution >= 4 is 52.9 Å². The third-order valence-electron chi connectivity index (χ3n) is 18.1. The average molecular weight is 1370 g/mol. The van der Waals surface area contributed by atoms with E-state index in [1.165, 1.54) is 97.7 Å². The molecule has 0 N–H and O–H groups in total. The maximum absolute atomic E-state index is 12.2. The zero-order valence-electron chi connectivity index (χ0n) is 60.4. The van der Waals surface area contributed by atoms with Gasteiger partial charge in [0.25, 0.3) is 47.3 Å². The van der Waals surface area contributed by atoms with Gasteiger partial charge in [-0.2, -0.15) is 0 Å². The van der Waals surface area contributed by atoms with Crippen molar-refractivity contribution in [1.82, 2.24) is 14.7 Å². The Labute approximate surface area is 605 Å². The molecule has 11 aromatic carbocycles. The summed E-state index contributed by atoms with van der Waals surface area (Å²) in [6.45, 7) is 14.8. The van der Waals surface area contributed by atoms with Crippen molar-refractivity contribution < 1.29 is 38.4 Å². The zero-order valence-corrected chi connectivity index (χ0v) is 60.4. The summed E-state index contributed by atoms with van der Waals surface area (Å²) in [6, 6.07) is 87.9. The van der Waals surface area contributed by atoms with Crippen LogP contribution in [0, 0.1) is 13.8 Å². The van der Waals surface area contributed by atoms with Gasteiger partial charge in [-0.25, -0.2) is 4.90 Å². The molecule has 4 heterocycles. The van der Waals surface area contributed by atoms with Crippen LogP contribution in [0.25, 0.3) is 0 Å². The van der Waals surface area contributed by atoms with E-state index in [2.05, 4.69) is 180 Å². The maximum Gasteiger partial charge on any atom is 0.266 e. The van der Waals surface area contributed by atoms with Crippen LogP contribution in [0.3, 0.4) is 0 Å². The second kappa shape index (κ2) is 35.8. The van der Waals surface area contributed by atoms with Gasteiger partial charge in [0.1, 0.15) is 0 Å². The summed E-state index contributed by atoms with van der Waals surface area (Å²) < 4.78 is 0. The van der Waals surface area contributed by atoms with Crippen LogP contribution in [0.2, 0.25) is 0 Å². The normalized spacial score (nSPS) is 12.7. The molecule has 0 radical (unpaired) electrons. The standard InChI is InChI=1S/C24H21NO2.C17H20.C16H18.C14H9NO2.2C9H7NO2.C2H6/c1-16-3-5-17(6-4-16)13-18-7-9-19(10-8-18)14-20-11-12-21-22(15-20)24(27)25(2)23(21)26;1-3-14-5-9-16(10-6-14)13-17-11-7-15(4-2)8-12-17;1-3-14-8-10-16(11-9-14)12-15-6-4-13(2)5-7-15;16-13-11-8-4-5-9-12(11)14(17)15(13)10-6-2-1-3-7-10;2*1-10-8(11)6-4-2-3-5-7(6)9(10)12;1-2/h3-12,15H,13-14H2,1-2H3;5-12H,3-4,13H2,1-2H3;4-11H,3,12H2,1-2H3;1-9H;2*2-5H,1H3;1-2H3. The minimum Gasteiger partial charge on any atom is -0.277 e. The Morgan fingerprint density at radius 2 is 0.427 bits per heavy atom. The maximum atomic E-state index is 12.2. The minimum absolute atomic E-state index is 0.212. The topological polar surface area (TPSA) is 150 Å². The smallest absolute Gasteiger partial charge is 0.266 e. The molecule has 4 aliphatic rings. The highest BCUT2D eigenvalue weighted by Gasteiger charge is 2.37. The summed E-state index contributed by atoms with van der Waals surface area (Å²) >= 11 is 0. The first-order valence-corrected chi connectivity index (χ1v) is 35.1. The van der Waals surface area contributed by atoms with Crippen LogP contribution in [0.5, 0.6) is 0 Å². The van der Waals surface area contributed by atoms with Gasteiger partial charge in [-0.05, 0) is 181 Å². The summed E-state index contributed by atoms with van der Waals surface area (Å²) in [5.41, 5.74) is 21.8. The molecule has 0 saturated heterocycles. The van der Waals surface area contributed by atoms with Crippen LogP contribution < -0.4 is 4.90 Å². The van der Waals surface area contributed by atoms with Gasteiger partial charge in [0.15, 0.2) is 0 Å². The molecule has 0 bridgehead atoms. The lowest BCUT2D eigenvalue weighted by atomic mass is 9.98. The van der Waals surface area contributed by atoms with E-state index in [1.807, 2.05) is 32.0 Å². The first-order chi connectivity index (χ1) is 49.8. The van der Waals surface area contributed by atoms with Crippen LogP contribution in [0.15, 0.2) is 267 Å². The van der Waals surface area contributed by atoms with E-state index in [4.69, 9.17) is 0 Å². The van der Waals surface area contributed by atoms with Crippen molar-refractivity contribution in [1.29, 1.82) is 0 Å². The zero-order chi connectivity index (χ0) is 73.7. The van der Waals surface area contributed by atoms with Crippen LogP contribution in [0.1, 0.15) is 190 Å². The molecular formula is C91H88N4O8. The van der Waals surface area contributed by atoms with E-state index in [-0.39, 0.29) is 47.3 Å². The molecule has 0 fully saturated rings. The van der Waals surface area contributed by atoms with Gasteiger partial charge in [-0.3, -0.25) is 53.1 Å². The van der Waals surface area contributed by atoms with Gasteiger partial charge in [-0.15, -0.1) is 0 Å². The molecule has 11 aromatic rings. The van der Waals surface area contributed by atoms with Gasteiger partial charge in [0, 0.05) is 21.1 Å². The first kappa shape index (κ1) is 75.2. The molecule has 0 atom stereocenters. The van der Waals surface area contributed by atoms with E-state index in [9.17, 15) is 38.4 Å². The number of imide groups is 4. The van der Waals surface area contributed by atoms with Crippen molar-refractivity contribution in [3.05, 3.63) is 384 Å².